The second-order valence-electron chi connectivity index (χ2n) is 5.09. The molecule has 2 atom stereocenters. The highest BCUT2D eigenvalue weighted by Crippen LogP contribution is 2.27. The average Bonchev–Trinajstić information content (AvgIpc) is 2.68. The largest absolute Gasteiger partial charge is 0.338 e. The van der Waals surface area contributed by atoms with Gasteiger partial charge in [0.05, 0.1) is 15.5 Å². The van der Waals surface area contributed by atoms with Gasteiger partial charge in [-0.25, -0.2) is 0 Å². The first-order chi connectivity index (χ1) is 8.90. The number of nitro groups is 1. The summed E-state index contributed by atoms with van der Waals surface area (Å²) >= 11 is 5.97. The minimum absolute atomic E-state index is 0.107. The van der Waals surface area contributed by atoms with Crippen LogP contribution in [0.3, 0.4) is 0 Å². The van der Waals surface area contributed by atoms with E-state index in [1.165, 1.54) is 18.2 Å². The fraction of sp³-hybridized carbons (Fsp3) is 0.462. The summed E-state index contributed by atoms with van der Waals surface area (Å²) in [6, 6.07) is 3.95. The van der Waals surface area contributed by atoms with Crippen LogP contribution in [0.15, 0.2) is 18.2 Å². The number of non-ortho nitro benzene ring substituents is 1. The summed E-state index contributed by atoms with van der Waals surface area (Å²) in [7, 11) is 0. The van der Waals surface area contributed by atoms with E-state index < -0.39 is 4.92 Å². The highest BCUT2D eigenvalue weighted by molar-refractivity contribution is 6.34. The Labute approximate surface area is 116 Å². The molecule has 0 radical (unpaired) electrons. The molecule has 102 valence electrons. The Bertz CT molecular complexity index is 523. The van der Waals surface area contributed by atoms with Crippen LogP contribution in [0.25, 0.3) is 0 Å². The first kappa shape index (κ1) is 13.8. The van der Waals surface area contributed by atoms with Crippen LogP contribution in [0.5, 0.6) is 0 Å². The number of halogens is 1. The molecule has 6 heteroatoms. The van der Waals surface area contributed by atoms with Crippen LogP contribution in [0.2, 0.25) is 5.02 Å². The molecule has 0 bridgehead atoms. The summed E-state index contributed by atoms with van der Waals surface area (Å²) in [6.07, 6.45) is 0. The van der Waals surface area contributed by atoms with E-state index in [4.69, 9.17) is 11.6 Å². The maximum absolute atomic E-state index is 12.3. The van der Waals surface area contributed by atoms with E-state index in [0.29, 0.717) is 30.5 Å². The third-order valence-corrected chi connectivity index (χ3v) is 3.98. The van der Waals surface area contributed by atoms with Crippen molar-refractivity contribution in [1.82, 2.24) is 4.90 Å². The average molecular weight is 283 g/mol. The Morgan fingerprint density at radius 3 is 2.42 bits per heavy atom. The second kappa shape index (κ2) is 5.17. The monoisotopic (exact) mass is 282 g/mol. The molecular weight excluding hydrogens is 268 g/mol. The van der Waals surface area contributed by atoms with Crippen molar-refractivity contribution < 1.29 is 9.72 Å². The van der Waals surface area contributed by atoms with E-state index in [0.717, 1.165) is 0 Å². The number of likely N-dealkylation sites (tertiary alicyclic amines) is 1. The van der Waals surface area contributed by atoms with Gasteiger partial charge in [0, 0.05) is 25.2 Å². The van der Waals surface area contributed by atoms with E-state index in [2.05, 4.69) is 13.8 Å². The maximum atomic E-state index is 12.3. The van der Waals surface area contributed by atoms with Gasteiger partial charge < -0.3 is 4.90 Å². The van der Waals surface area contributed by atoms with Crippen molar-refractivity contribution in [2.75, 3.05) is 13.1 Å². The van der Waals surface area contributed by atoms with E-state index in [9.17, 15) is 14.9 Å². The van der Waals surface area contributed by atoms with Crippen LogP contribution in [0, 0.1) is 22.0 Å². The number of carbonyl (C=O) groups is 1. The minimum atomic E-state index is -0.528. The molecule has 0 aliphatic carbocycles. The highest BCUT2D eigenvalue weighted by atomic mass is 35.5. The lowest BCUT2D eigenvalue weighted by atomic mass is 10.0. The summed E-state index contributed by atoms with van der Waals surface area (Å²) in [5.74, 6) is 0.762. The summed E-state index contributed by atoms with van der Waals surface area (Å²) in [4.78, 5) is 24.2. The van der Waals surface area contributed by atoms with Crippen molar-refractivity contribution in [3.8, 4) is 0 Å². The topological polar surface area (TPSA) is 63.5 Å². The van der Waals surface area contributed by atoms with Gasteiger partial charge in [0.2, 0.25) is 0 Å². The molecule has 1 heterocycles. The first-order valence-electron chi connectivity index (χ1n) is 6.13. The zero-order chi connectivity index (χ0) is 14.2. The van der Waals surface area contributed by atoms with Gasteiger partial charge in [0.15, 0.2) is 0 Å². The lowest BCUT2D eigenvalue weighted by Crippen LogP contribution is -2.29. The first-order valence-corrected chi connectivity index (χ1v) is 6.51. The molecule has 0 spiro atoms. The normalized spacial score (nSPS) is 22.6. The lowest BCUT2D eigenvalue weighted by Gasteiger charge is -2.16. The quantitative estimate of drug-likeness (QED) is 0.619. The molecule has 2 unspecified atom stereocenters. The molecule has 5 nitrogen and oxygen atoms in total. The fourth-order valence-electron chi connectivity index (χ4n) is 2.26. The van der Waals surface area contributed by atoms with Crippen molar-refractivity contribution in [1.29, 1.82) is 0 Å². The molecule has 1 aromatic carbocycles. The Morgan fingerprint density at radius 2 is 1.95 bits per heavy atom. The van der Waals surface area contributed by atoms with E-state index in [1.807, 2.05) is 0 Å². The van der Waals surface area contributed by atoms with Crippen LogP contribution < -0.4 is 0 Å². The molecule has 2 rings (SSSR count). The number of rotatable bonds is 2. The predicted octanol–water partition coefficient (Wildman–Crippen LogP) is 2.98. The Morgan fingerprint density at radius 1 is 1.37 bits per heavy atom. The van der Waals surface area contributed by atoms with Crippen molar-refractivity contribution in [2.45, 2.75) is 13.8 Å². The summed E-state index contributed by atoms with van der Waals surface area (Å²) in [6.45, 7) is 5.62. The third kappa shape index (κ3) is 2.71. The molecule has 1 aliphatic rings. The number of benzene rings is 1. The standard InChI is InChI=1S/C13H15ClN2O3/c1-8-6-15(7-9(8)2)13(17)11-4-3-10(16(18)19)5-12(11)14/h3-5,8-9H,6-7H2,1-2H3. The summed E-state index contributed by atoms with van der Waals surface area (Å²) in [5, 5.41) is 10.8. The van der Waals surface area contributed by atoms with Gasteiger partial charge >= 0.3 is 0 Å². The van der Waals surface area contributed by atoms with Crippen LogP contribution in [0.4, 0.5) is 5.69 Å². The number of carbonyl (C=O) groups excluding carboxylic acids is 1. The van der Waals surface area contributed by atoms with Gasteiger partial charge in [0.25, 0.3) is 11.6 Å². The fourth-order valence-corrected chi connectivity index (χ4v) is 2.51. The lowest BCUT2D eigenvalue weighted by molar-refractivity contribution is -0.384. The maximum Gasteiger partial charge on any atom is 0.270 e. The SMILES string of the molecule is CC1CN(C(=O)c2ccc([N+](=O)[O-])cc2Cl)CC1C. The molecule has 0 N–H and O–H groups in total. The molecular formula is C13H15ClN2O3. The number of hydrogen-bond acceptors (Lipinski definition) is 3. The van der Waals surface area contributed by atoms with Gasteiger partial charge in [0.1, 0.15) is 0 Å². The minimum Gasteiger partial charge on any atom is -0.338 e. The molecule has 1 aliphatic heterocycles. The molecule has 0 aromatic heterocycles. The number of nitrogens with zero attached hydrogens (tertiary/aromatic N) is 2. The van der Waals surface area contributed by atoms with Crippen LogP contribution in [0.1, 0.15) is 24.2 Å². The molecule has 1 aromatic rings. The van der Waals surface area contributed by atoms with Crippen LogP contribution in [-0.4, -0.2) is 28.8 Å². The van der Waals surface area contributed by atoms with Crippen molar-refractivity contribution in [2.24, 2.45) is 11.8 Å². The summed E-state index contributed by atoms with van der Waals surface area (Å²) in [5.41, 5.74) is 0.221. The smallest absolute Gasteiger partial charge is 0.270 e. The second-order valence-corrected chi connectivity index (χ2v) is 5.49. The van der Waals surface area contributed by atoms with Crippen LogP contribution in [-0.2, 0) is 0 Å². The predicted molar refractivity (Wildman–Crippen MR) is 72.3 cm³/mol. The molecule has 0 saturated carbocycles. The number of nitro benzene ring substituents is 1. The van der Waals surface area contributed by atoms with Gasteiger partial charge in [-0.05, 0) is 17.9 Å². The van der Waals surface area contributed by atoms with Gasteiger partial charge in [-0.3, -0.25) is 14.9 Å². The Kier molecular flexibility index (Phi) is 3.75. The van der Waals surface area contributed by atoms with Gasteiger partial charge in [-0.2, -0.15) is 0 Å². The molecule has 1 saturated heterocycles. The van der Waals surface area contributed by atoms with E-state index in [1.54, 1.807) is 4.90 Å². The van der Waals surface area contributed by atoms with E-state index >= 15 is 0 Å². The van der Waals surface area contributed by atoms with Gasteiger partial charge in [-0.15, -0.1) is 0 Å². The molecule has 1 fully saturated rings. The number of amides is 1. The van der Waals surface area contributed by atoms with Crippen molar-refractivity contribution in [3.63, 3.8) is 0 Å². The van der Waals surface area contributed by atoms with E-state index in [-0.39, 0.29) is 16.6 Å². The van der Waals surface area contributed by atoms with Crippen LogP contribution >= 0.6 is 11.6 Å². The molecule has 19 heavy (non-hydrogen) atoms. The van der Waals surface area contributed by atoms with Crippen molar-refractivity contribution in [3.05, 3.63) is 38.9 Å². The zero-order valence-electron chi connectivity index (χ0n) is 10.8. The molecule has 1 amide bonds. The third-order valence-electron chi connectivity index (χ3n) is 3.67. The highest BCUT2D eigenvalue weighted by Gasteiger charge is 2.30. The Balaban J connectivity index is 2.23. The Hall–Kier alpha value is -1.62. The van der Waals surface area contributed by atoms with Gasteiger partial charge in [-0.1, -0.05) is 25.4 Å². The number of hydrogen-bond donors (Lipinski definition) is 0. The zero-order valence-corrected chi connectivity index (χ0v) is 11.6. The summed E-state index contributed by atoms with van der Waals surface area (Å²) < 4.78 is 0. The van der Waals surface area contributed by atoms with Crippen molar-refractivity contribution >= 4 is 23.2 Å².